The molecule has 304 valence electrons. The molecule has 2 aliphatic rings. The van der Waals surface area contributed by atoms with Crippen LogP contribution < -0.4 is 0 Å². The average Bonchev–Trinajstić information content (AvgIpc) is 3.80. The van der Waals surface area contributed by atoms with Gasteiger partial charge in [-0.05, 0) is 202 Å². The van der Waals surface area contributed by atoms with Crippen molar-refractivity contribution in [2.45, 2.75) is 52.4 Å². The first-order valence-corrected chi connectivity index (χ1v) is 22.9. The highest BCUT2D eigenvalue weighted by Gasteiger charge is 2.30. The first-order valence-electron chi connectivity index (χ1n) is 22.9. The van der Waals surface area contributed by atoms with Crippen LogP contribution in [0.3, 0.4) is 0 Å². The lowest BCUT2D eigenvalue weighted by molar-refractivity contribution is 0.589. The maximum Gasteiger partial charge on any atom is -0.00201 e. The van der Waals surface area contributed by atoms with Gasteiger partial charge in [0.15, 0.2) is 0 Å². The van der Waals surface area contributed by atoms with Crippen LogP contribution in [0.25, 0.3) is 132 Å². The van der Waals surface area contributed by atoms with Crippen LogP contribution in [0, 0.1) is 0 Å². The minimum absolute atomic E-state index is 0.00618. The smallest absolute Gasteiger partial charge is 0.00201 e. The Balaban J connectivity index is 1.16. The molecule has 0 saturated carbocycles. The molecule has 64 heavy (non-hydrogen) atoms. The number of hydrogen-bond donors (Lipinski definition) is 0. The predicted octanol–water partition coefficient (Wildman–Crippen LogP) is 18.3. The number of hydrogen-bond acceptors (Lipinski definition) is 0. The molecule has 0 unspecified atom stereocenters. The maximum atomic E-state index is 2.56. The first kappa shape index (κ1) is 37.3. The highest BCUT2D eigenvalue weighted by atomic mass is 14.3. The molecule has 0 atom stereocenters. The van der Waals surface area contributed by atoms with Crippen molar-refractivity contribution in [3.63, 3.8) is 0 Å². The van der Waals surface area contributed by atoms with E-state index < -0.39 is 0 Å². The molecule has 0 heterocycles. The molecular weight excluding hydrogens is 769 g/mol. The zero-order valence-electron chi connectivity index (χ0n) is 37.3. The van der Waals surface area contributed by atoms with Crippen molar-refractivity contribution < 1.29 is 0 Å². The molecule has 0 heteroatoms. The van der Waals surface area contributed by atoms with Crippen molar-refractivity contribution in [3.05, 3.63) is 193 Å². The summed E-state index contributed by atoms with van der Waals surface area (Å²) in [6, 6.07) is 69.7. The molecule has 0 bridgehead atoms. The van der Waals surface area contributed by atoms with Crippen molar-refractivity contribution in [1.29, 1.82) is 0 Å². The molecule has 0 fully saturated rings. The monoisotopic (exact) mass is 816 g/mol. The topological polar surface area (TPSA) is 0 Å². The van der Waals surface area contributed by atoms with E-state index in [-0.39, 0.29) is 10.8 Å². The van der Waals surface area contributed by atoms with Crippen molar-refractivity contribution in [3.8, 4) is 77.9 Å². The molecule has 11 aromatic carbocycles. The molecular formula is C64H48. The van der Waals surface area contributed by atoms with E-state index in [1.165, 1.54) is 143 Å². The average molecular weight is 817 g/mol. The van der Waals surface area contributed by atoms with Gasteiger partial charge in [0.25, 0.3) is 0 Å². The van der Waals surface area contributed by atoms with Crippen LogP contribution in [-0.4, -0.2) is 0 Å². The van der Waals surface area contributed by atoms with Gasteiger partial charge in [0.2, 0.25) is 0 Å². The molecule has 0 nitrogen and oxygen atoms in total. The van der Waals surface area contributed by atoms with E-state index in [4.69, 9.17) is 0 Å². The van der Waals surface area contributed by atoms with Gasteiger partial charge in [-0.25, -0.2) is 0 Å². The van der Waals surface area contributed by atoms with Crippen LogP contribution >= 0.6 is 0 Å². The Bertz CT molecular complexity index is 3790. The van der Waals surface area contributed by atoms with E-state index >= 15 is 0 Å². The Hall–Kier alpha value is -7.28. The van der Waals surface area contributed by atoms with E-state index in [2.05, 4.69) is 224 Å². The molecule has 0 aliphatic heterocycles. The summed E-state index contributed by atoms with van der Waals surface area (Å²) in [5.74, 6) is 0. The molecule has 0 amide bonds. The second-order valence-electron chi connectivity index (χ2n) is 20.5. The quantitative estimate of drug-likeness (QED) is 0.156. The van der Waals surface area contributed by atoms with Gasteiger partial charge in [-0.15, -0.1) is 0 Å². The zero-order valence-corrected chi connectivity index (χ0v) is 37.3. The Labute approximate surface area is 375 Å². The largest absolute Gasteiger partial charge is 0.0622 e. The van der Waals surface area contributed by atoms with Gasteiger partial charge < -0.3 is 0 Å². The fraction of sp³-hybridized carbons (Fsp3) is 0.125. The highest BCUT2D eigenvalue weighted by molar-refractivity contribution is 6.29. The van der Waals surface area contributed by atoms with E-state index in [1.807, 2.05) is 0 Å². The molecule has 0 N–H and O–H groups in total. The summed E-state index contributed by atoms with van der Waals surface area (Å²) in [7, 11) is 0. The van der Waals surface area contributed by atoms with Crippen LogP contribution in [0.15, 0.2) is 182 Å². The number of rotatable bonds is 3. The summed E-state index contributed by atoms with van der Waals surface area (Å²) in [5, 5.41) is 13.1. The molecule has 0 spiro atoms. The minimum Gasteiger partial charge on any atom is -0.0622 e. The van der Waals surface area contributed by atoms with Crippen molar-refractivity contribution in [2.75, 3.05) is 0 Å². The summed E-state index contributed by atoms with van der Waals surface area (Å²) < 4.78 is 0. The summed E-state index contributed by atoms with van der Waals surface area (Å²) >= 11 is 0. The number of benzene rings is 11. The van der Waals surface area contributed by atoms with Gasteiger partial charge >= 0.3 is 0 Å². The van der Waals surface area contributed by atoms with Crippen LogP contribution in [-0.2, 0) is 10.8 Å². The summed E-state index contributed by atoms with van der Waals surface area (Å²) in [6.45, 7) is 14.1. The van der Waals surface area contributed by atoms with Crippen molar-refractivity contribution in [1.82, 2.24) is 0 Å². The van der Waals surface area contributed by atoms with Gasteiger partial charge in [0, 0.05) is 0 Å². The third-order valence-electron chi connectivity index (χ3n) is 14.6. The van der Waals surface area contributed by atoms with Gasteiger partial charge in [0.05, 0.1) is 0 Å². The van der Waals surface area contributed by atoms with Crippen LogP contribution in [0.1, 0.15) is 52.7 Å². The first-order chi connectivity index (χ1) is 31.0. The zero-order chi connectivity index (χ0) is 43.2. The van der Waals surface area contributed by atoms with E-state index in [9.17, 15) is 0 Å². The van der Waals surface area contributed by atoms with Crippen molar-refractivity contribution in [2.24, 2.45) is 0 Å². The molecule has 2 aliphatic carbocycles. The summed E-state index contributed by atoms with van der Waals surface area (Å²) in [6.07, 6.45) is 0. The lowest BCUT2D eigenvalue weighted by Gasteiger charge is -2.23. The summed E-state index contributed by atoms with van der Waals surface area (Å²) in [4.78, 5) is 0. The summed E-state index contributed by atoms with van der Waals surface area (Å²) in [5.41, 5.74) is 21.0. The van der Waals surface area contributed by atoms with Gasteiger partial charge in [0.1, 0.15) is 0 Å². The lowest BCUT2D eigenvalue weighted by Crippen LogP contribution is -2.12. The number of fused-ring (bicyclic) bond motifs is 11. The fourth-order valence-electron chi connectivity index (χ4n) is 11.3. The maximum absolute atomic E-state index is 2.56. The molecule has 13 rings (SSSR count). The Morgan fingerprint density at radius 2 is 0.609 bits per heavy atom. The highest BCUT2D eigenvalue weighted by Crippen LogP contribution is 2.55. The second kappa shape index (κ2) is 13.1. The van der Waals surface area contributed by atoms with E-state index in [0.717, 1.165) is 0 Å². The molecule has 11 aromatic rings. The third-order valence-corrected chi connectivity index (χ3v) is 14.6. The molecule has 0 radical (unpaired) electrons. The Morgan fingerprint density at radius 3 is 1.08 bits per heavy atom. The third kappa shape index (κ3) is 5.36. The van der Waals surface area contributed by atoms with Crippen LogP contribution in [0.2, 0.25) is 0 Å². The lowest BCUT2D eigenvalue weighted by atomic mass is 9.81. The Kier molecular flexibility index (Phi) is 7.65. The standard InChI is InChI=1S/C64H48/c1-63(2,3)41-27-40-28-42(64(4,5)6)30-60-58-36-56-52(35-57(58)59(29-41)61(40)60)48(39-21-14-9-15-22-39)32-53-54(56)31-47(38-19-12-8-13-20-38)51-33-50-46-26-25-43(37-17-10-7-11-18-37)44-23-16-24-45(62(44)46)49(50)34-55(51)53/h7-36H,1-6H3. The Morgan fingerprint density at radius 1 is 0.234 bits per heavy atom. The predicted molar refractivity (Wildman–Crippen MR) is 277 cm³/mol. The van der Waals surface area contributed by atoms with Crippen LogP contribution in [0.5, 0.6) is 0 Å². The molecule has 0 saturated heterocycles. The van der Waals surface area contributed by atoms with Crippen LogP contribution in [0.4, 0.5) is 0 Å². The second-order valence-corrected chi connectivity index (χ2v) is 20.5. The van der Waals surface area contributed by atoms with E-state index in [0.29, 0.717) is 0 Å². The van der Waals surface area contributed by atoms with E-state index in [1.54, 1.807) is 0 Å². The normalized spacial score (nSPS) is 12.8. The van der Waals surface area contributed by atoms with Gasteiger partial charge in [-0.2, -0.15) is 0 Å². The SMILES string of the molecule is CC(C)(C)c1cc2c3c(cc(C(C)(C)C)cc3c1)-c1cc3c(cc1-2)c(-c1ccccc1)cc1c2cc4c(cc2c(-c2ccccc2)cc31)-c1ccc(-c2ccccc2)c2cccc-4c12. The minimum atomic E-state index is 0.00618. The molecule has 0 aromatic heterocycles. The fourth-order valence-corrected chi connectivity index (χ4v) is 11.3. The van der Waals surface area contributed by atoms with Crippen molar-refractivity contribution >= 4 is 53.9 Å². The van der Waals surface area contributed by atoms with Gasteiger partial charge in [-0.3, -0.25) is 0 Å². The van der Waals surface area contributed by atoms with Gasteiger partial charge in [-0.1, -0.05) is 175 Å².